The van der Waals surface area contributed by atoms with Crippen molar-refractivity contribution in [1.29, 1.82) is 0 Å². The molecule has 0 amide bonds. The van der Waals surface area contributed by atoms with E-state index >= 15 is 0 Å². The highest BCUT2D eigenvalue weighted by molar-refractivity contribution is 7.91. The topological polar surface area (TPSA) is 58.6 Å². The molecular weight excluding hydrogens is 348 g/mol. The van der Waals surface area contributed by atoms with Crippen LogP contribution in [-0.4, -0.2) is 57.2 Å². The zero-order valence-corrected chi connectivity index (χ0v) is 17.0. The lowest BCUT2D eigenvalue weighted by Crippen LogP contribution is -2.52. The van der Waals surface area contributed by atoms with Crippen LogP contribution in [0.1, 0.15) is 37.8 Å². The average Bonchev–Trinajstić information content (AvgIpc) is 3.06. The monoisotopic (exact) mass is 380 g/mol. The molecule has 1 fully saturated rings. The van der Waals surface area contributed by atoms with Crippen LogP contribution < -0.4 is 10.1 Å². The SMILES string of the molecule is CCN(C(C)Cc1ccc2c(c1)CCO2)C(C1CCNCC1)S(C)(=O)=O. The molecule has 2 aliphatic heterocycles. The normalized spacial score (nSPS) is 20.6. The second-order valence-corrected chi connectivity index (χ2v) is 9.87. The highest BCUT2D eigenvalue weighted by atomic mass is 32.2. The van der Waals surface area contributed by atoms with Crippen LogP contribution >= 0.6 is 0 Å². The van der Waals surface area contributed by atoms with Crippen molar-refractivity contribution < 1.29 is 13.2 Å². The summed E-state index contributed by atoms with van der Waals surface area (Å²) in [6, 6.07) is 6.58. The van der Waals surface area contributed by atoms with Gasteiger partial charge in [0, 0.05) is 18.7 Å². The van der Waals surface area contributed by atoms with Crippen molar-refractivity contribution in [2.24, 2.45) is 5.92 Å². The Morgan fingerprint density at radius 1 is 1.31 bits per heavy atom. The first-order valence-electron chi connectivity index (χ1n) is 9.80. The standard InChI is InChI=1S/C20H32N2O3S/c1-4-22(20(26(3,23)24)17-7-10-21-11-8-17)15(2)13-16-5-6-19-18(14-16)9-12-25-19/h5-6,14-15,17,20-21H,4,7-13H2,1-3H3. The summed E-state index contributed by atoms with van der Waals surface area (Å²) in [4.78, 5) is 2.20. The van der Waals surface area contributed by atoms with E-state index < -0.39 is 9.84 Å². The molecule has 1 aromatic carbocycles. The highest BCUT2D eigenvalue weighted by Gasteiger charge is 2.37. The molecule has 0 radical (unpaired) electrons. The summed E-state index contributed by atoms with van der Waals surface area (Å²) in [5.74, 6) is 1.21. The fourth-order valence-corrected chi connectivity index (χ4v) is 6.38. The van der Waals surface area contributed by atoms with E-state index in [0.29, 0.717) is 0 Å². The molecule has 5 nitrogen and oxygen atoms in total. The van der Waals surface area contributed by atoms with E-state index in [9.17, 15) is 8.42 Å². The largest absolute Gasteiger partial charge is 0.493 e. The van der Waals surface area contributed by atoms with Gasteiger partial charge in [0.15, 0.2) is 9.84 Å². The Hall–Kier alpha value is -1.11. The fraction of sp³-hybridized carbons (Fsp3) is 0.700. The molecule has 146 valence electrons. The molecule has 2 heterocycles. The van der Waals surface area contributed by atoms with E-state index in [1.807, 2.05) is 0 Å². The second kappa shape index (κ2) is 8.28. The summed E-state index contributed by atoms with van der Waals surface area (Å²) in [6.45, 7) is 7.57. The van der Waals surface area contributed by atoms with E-state index in [-0.39, 0.29) is 17.3 Å². The van der Waals surface area contributed by atoms with Crippen molar-refractivity contribution in [2.75, 3.05) is 32.5 Å². The van der Waals surface area contributed by atoms with Crippen LogP contribution in [-0.2, 0) is 22.7 Å². The van der Waals surface area contributed by atoms with Crippen molar-refractivity contribution in [3.8, 4) is 5.75 Å². The van der Waals surface area contributed by atoms with Gasteiger partial charge in [-0.15, -0.1) is 0 Å². The van der Waals surface area contributed by atoms with Crippen LogP contribution in [0.2, 0.25) is 0 Å². The van der Waals surface area contributed by atoms with Gasteiger partial charge in [-0.05, 0) is 68.9 Å². The molecule has 0 aliphatic carbocycles. The molecular formula is C20H32N2O3S. The number of ether oxygens (including phenoxy) is 1. The number of rotatable bonds is 7. The predicted molar refractivity (Wildman–Crippen MR) is 105 cm³/mol. The molecule has 0 saturated carbocycles. The predicted octanol–water partition coefficient (Wildman–Crippen LogP) is 2.24. The number of sulfone groups is 1. The Morgan fingerprint density at radius 3 is 2.69 bits per heavy atom. The van der Waals surface area contributed by atoms with Gasteiger partial charge in [-0.2, -0.15) is 0 Å². The van der Waals surface area contributed by atoms with Crippen molar-refractivity contribution in [3.05, 3.63) is 29.3 Å². The molecule has 2 atom stereocenters. The molecule has 2 aliphatic rings. The molecule has 0 aromatic heterocycles. The summed E-state index contributed by atoms with van der Waals surface area (Å²) in [6.07, 6.45) is 5.09. The molecule has 1 N–H and O–H groups in total. The van der Waals surface area contributed by atoms with Crippen LogP contribution in [0.25, 0.3) is 0 Å². The number of hydrogen-bond acceptors (Lipinski definition) is 5. The van der Waals surface area contributed by atoms with Crippen molar-refractivity contribution in [3.63, 3.8) is 0 Å². The fourth-order valence-electron chi connectivity index (χ4n) is 4.56. The Kier molecular flexibility index (Phi) is 6.25. The van der Waals surface area contributed by atoms with Gasteiger partial charge in [0.25, 0.3) is 0 Å². The number of hydrogen-bond donors (Lipinski definition) is 1. The third-order valence-electron chi connectivity index (χ3n) is 5.77. The molecule has 6 heteroatoms. The highest BCUT2D eigenvalue weighted by Crippen LogP contribution is 2.29. The first-order valence-corrected chi connectivity index (χ1v) is 11.8. The third kappa shape index (κ3) is 4.41. The van der Waals surface area contributed by atoms with E-state index in [2.05, 4.69) is 42.3 Å². The van der Waals surface area contributed by atoms with E-state index in [4.69, 9.17) is 4.74 Å². The Balaban J connectivity index is 1.78. The molecule has 2 unspecified atom stereocenters. The lowest BCUT2D eigenvalue weighted by Gasteiger charge is -2.40. The van der Waals surface area contributed by atoms with Gasteiger partial charge in [0.1, 0.15) is 11.1 Å². The molecule has 3 rings (SSSR count). The number of piperidine rings is 1. The van der Waals surface area contributed by atoms with E-state index in [0.717, 1.165) is 57.7 Å². The number of likely N-dealkylation sites (N-methyl/N-ethyl adjacent to an activating group) is 1. The van der Waals surface area contributed by atoms with Gasteiger partial charge in [0.05, 0.1) is 6.61 Å². The van der Waals surface area contributed by atoms with Crippen molar-refractivity contribution >= 4 is 9.84 Å². The molecule has 1 saturated heterocycles. The summed E-state index contributed by atoms with van der Waals surface area (Å²) in [7, 11) is -3.14. The van der Waals surface area contributed by atoms with E-state index in [1.54, 1.807) is 0 Å². The number of nitrogens with one attached hydrogen (secondary N) is 1. The van der Waals surface area contributed by atoms with Gasteiger partial charge in [-0.1, -0.05) is 19.1 Å². The van der Waals surface area contributed by atoms with Crippen LogP contribution in [0.3, 0.4) is 0 Å². The van der Waals surface area contributed by atoms with Gasteiger partial charge in [-0.25, -0.2) is 8.42 Å². The third-order valence-corrected chi connectivity index (χ3v) is 7.30. The first-order chi connectivity index (χ1) is 12.4. The summed E-state index contributed by atoms with van der Waals surface area (Å²) in [5, 5.41) is 2.96. The summed E-state index contributed by atoms with van der Waals surface area (Å²) in [5.41, 5.74) is 2.54. The van der Waals surface area contributed by atoms with Gasteiger partial charge < -0.3 is 10.1 Å². The maximum atomic E-state index is 12.7. The Morgan fingerprint density at radius 2 is 2.04 bits per heavy atom. The van der Waals surface area contributed by atoms with Crippen molar-refractivity contribution in [2.45, 2.75) is 50.9 Å². The van der Waals surface area contributed by atoms with E-state index in [1.165, 1.54) is 17.4 Å². The van der Waals surface area contributed by atoms with Gasteiger partial charge in [0.2, 0.25) is 0 Å². The maximum Gasteiger partial charge on any atom is 0.163 e. The quantitative estimate of drug-likeness (QED) is 0.786. The Labute approximate surface area is 158 Å². The van der Waals surface area contributed by atoms with Crippen LogP contribution in [0, 0.1) is 5.92 Å². The number of fused-ring (bicyclic) bond motifs is 1. The van der Waals surface area contributed by atoms with Crippen LogP contribution in [0.15, 0.2) is 18.2 Å². The zero-order valence-electron chi connectivity index (χ0n) is 16.2. The molecule has 0 bridgehead atoms. The minimum atomic E-state index is -3.14. The van der Waals surface area contributed by atoms with Crippen LogP contribution in [0.4, 0.5) is 0 Å². The molecule has 26 heavy (non-hydrogen) atoms. The number of nitrogens with zero attached hydrogens (tertiary/aromatic N) is 1. The number of benzene rings is 1. The minimum Gasteiger partial charge on any atom is -0.493 e. The lowest BCUT2D eigenvalue weighted by atomic mass is 9.95. The second-order valence-electron chi connectivity index (χ2n) is 7.73. The summed E-state index contributed by atoms with van der Waals surface area (Å²) >= 11 is 0. The minimum absolute atomic E-state index is 0.176. The van der Waals surface area contributed by atoms with Gasteiger partial charge in [-0.3, -0.25) is 4.90 Å². The van der Waals surface area contributed by atoms with Gasteiger partial charge >= 0.3 is 0 Å². The van der Waals surface area contributed by atoms with Crippen LogP contribution in [0.5, 0.6) is 5.75 Å². The lowest BCUT2D eigenvalue weighted by molar-refractivity contribution is 0.138. The van der Waals surface area contributed by atoms with Crippen molar-refractivity contribution in [1.82, 2.24) is 10.2 Å². The smallest absolute Gasteiger partial charge is 0.163 e. The Bertz CT molecular complexity index is 714. The summed E-state index contributed by atoms with van der Waals surface area (Å²) < 4.78 is 30.9. The maximum absolute atomic E-state index is 12.7. The molecule has 1 aromatic rings. The first kappa shape index (κ1) is 19.6. The molecule has 0 spiro atoms. The average molecular weight is 381 g/mol. The zero-order chi connectivity index (χ0) is 18.7.